The molecule has 3 rings (SSSR count). The number of carbonyl (C=O) groups excluding carboxylic acids is 2. The molecule has 1 saturated heterocycles. The van der Waals surface area contributed by atoms with Crippen molar-refractivity contribution in [1.29, 1.82) is 0 Å². The van der Waals surface area contributed by atoms with Gasteiger partial charge in [0, 0.05) is 18.2 Å². The van der Waals surface area contributed by atoms with Crippen molar-refractivity contribution in [3.05, 3.63) is 71.8 Å². The Balaban J connectivity index is 1.76. The summed E-state index contributed by atoms with van der Waals surface area (Å²) in [4.78, 5) is 28.1. The number of nitrogens with zero attached hydrogens (tertiary/aromatic N) is 1. The Morgan fingerprint density at radius 2 is 1.66 bits per heavy atom. The van der Waals surface area contributed by atoms with E-state index in [0.717, 1.165) is 44.5 Å². The third-order valence-corrected chi connectivity index (χ3v) is 5.46. The van der Waals surface area contributed by atoms with Gasteiger partial charge in [-0.2, -0.15) is 0 Å². The van der Waals surface area contributed by atoms with E-state index in [4.69, 9.17) is 0 Å². The van der Waals surface area contributed by atoms with Crippen LogP contribution >= 0.6 is 0 Å². The van der Waals surface area contributed by atoms with Gasteiger partial charge in [0.15, 0.2) is 0 Å². The molecule has 0 bridgehead atoms. The van der Waals surface area contributed by atoms with Crippen LogP contribution in [0.2, 0.25) is 0 Å². The Morgan fingerprint density at radius 1 is 1.03 bits per heavy atom. The number of hydrogen-bond acceptors (Lipinski definition) is 3. The monoisotopic (exact) mass is 393 g/mol. The first-order valence-electron chi connectivity index (χ1n) is 10.6. The molecule has 0 radical (unpaired) electrons. The van der Waals surface area contributed by atoms with Gasteiger partial charge in [0.2, 0.25) is 5.91 Å². The fraction of sp³-hybridized carbons (Fsp3) is 0.417. The summed E-state index contributed by atoms with van der Waals surface area (Å²) in [5, 5.41) is 6.45. The molecule has 0 aromatic heterocycles. The molecule has 1 unspecified atom stereocenters. The van der Waals surface area contributed by atoms with Gasteiger partial charge in [-0.25, -0.2) is 0 Å². The molecule has 0 saturated carbocycles. The number of hydrogen-bond donors (Lipinski definition) is 2. The van der Waals surface area contributed by atoms with Crippen molar-refractivity contribution in [3.63, 3.8) is 0 Å². The Labute approximate surface area is 173 Å². The number of nitrogens with one attached hydrogen (secondary N) is 2. The Bertz CT molecular complexity index is 773. The summed E-state index contributed by atoms with van der Waals surface area (Å²) in [6.07, 6.45) is 3.17. The van der Waals surface area contributed by atoms with Gasteiger partial charge in [-0.1, -0.05) is 55.5 Å². The Kier molecular flexibility index (Phi) is 7.82. The maximum absolute atomic E-state index is 13.3. The third kappa shape index (κ3) is 5.91. The second kappa shape index (κ2) is 10.8. The maximum atomic E-state index is 13.3. The van der Waals surface area contributed by atoms with E-state index < -0.39 is 0 Å². The first-order chi connectivity index (χ1) is 14.2. The molecule has 29 heavy (non-hydrogen) atoms. The molecule has 1 aliphatic heterocycles. The van der Waals surface area contributed by atoms with Crippen molar-refractivity contribution in [2.45, 2.75) is 44.7 Å². The van der Waals surface area contributed by atoms with Crippen LogP contribution < -0.4 is 10.6 Å². The average Bonchev–Trinajstić information content (AvgIpc) is 2.78. The van der Waals surface area contributed by atoms with Crippen LogP contribution in [0.3, 0.4) is 0 Å². The summed E-state index contributed by atoms with van der Waals surface area (Å²) in [5.41, 5.74) is 1.55. The van der Waals surface area contributed by atoms with Crippen LogP contribution in [0.4, 0.5) is 0 Å². The molecule has 1 aliphatic rings. The summed E-state index contributed by atoms with van der Waals surface area (Å²) in [6, 6.07) is 18.9. The van der Waals surface area contributed by atoms with Crippen molar-refractivity contribution in [3.8, 4) is 0 Å². The molecule has 0 aliphatic carbocycles. The zero-order valence-corrected chi connectivity index (χ0v) is 17.1. The number of amides is 2. The molecule has 1 atom stereocenters. The van der Waals surface area contributed by atoms with E-state index in [1.54, 1.807) is 12.1 Å². The molecule has 1 heterocycles. The minimum absolute atomic E-state index is 0.112. The molecule has 1 fully saturated rings. The highest BCUT2D eigenvalue weighted by Crippen LogP contribution is 2.21. The van der Waals surface area contributed by atoms with Crippen LogP contribution in [-0.4, -0.2) is 42.4 Å². The molecule has 2 aromatic carbocycles. The van der Waals surface area contributed by atoms with Gasteiger partial charge in [-0.15, -0.1) is 0 Å². The highest BCUT2D eigenvalue weighted by molar-refractivity contribution is 5.94. The smallest absolute Gasteiger partial charge is 0.251 e. The zero-order valence-electron chi connectivity index (χ0n) is 17.1. The van der Waals surface area contributed by atoms with Gasteiger partial charge in [0.1, 0.15) is 0 Å². The fourth-order valence-electron chi connectivity index (χ4n) is 3.93. The predicted molar refractivity (Wildman–Crippen MR) is 116 cm³/mol. The van der Waals surface area contributed by atoms with Gasteiger partial charge < -0.3 is 15.5 Å². The molecular weight excluding hydrogens is 362 g/mol. The fourth-order valence-corrected chi connectivity index (χ4v) is 3.93. The lowest BCUT2D eigenvalue weighted by Crippen LogP contribution is -2.47. The second-order valence-corrected chi connectivity index (χ2v) is 7.58. The highest BCUT2D eigenvalue weighted by Gasteiger charge is 2.27. The number of piperidine rings is 1. The van der Waals surface area contributed by atoms with Gasteiger partial charge in [0.05, 0.1) is 12.5 Å². The van der Waals surface area contributed by atoms with E-state index in [2.05, 4.69) is 17.6 Å². The zero-order chi connectivity index (χ0) is 20.5. The summed E-state index contributed by atoms with van der Waals surface area (Å²) in [6.45, 7) is 4.76. The van der Waals surface area contributed by atoms with Crippen LogP contribution in [-0.2, 0) is 4.79 Å². The van der Waals surface area contributed by atoms with Crippen LogP contribution in [0.1, 0.15) is 54.6 Å². The summed E-state index contributed by atoms with van der Waals surface area (Å²) in [5.74, 6) is -0.0443. The number of benzene rings is 2. The van der Waals surface area contributed by atoms with Gasteiger partial charge in [-0.05, 0) is 50.0 Å². The van der Waals surface area contributed by atoms with E-state index >= 15 is 0 Å². The van der Waals surface area contributed by atoms with Crippen molar-refractivity contribution < 1.29 is 9.59 Å². The van der Waals surface area contributed by atoms with Gasteiger partial charge in [0.25, 0.3) is 5.91 Å². The standard InChI is InChI=1S/C24H31N3O2/c1-2-17-27(21-13-15-25-16-14-21)23(28)18-22(19-9-5-3-6-10-19)26-24(29)20-11-7-4-8-12-20/h3-12,21-22,25H,2,13-18H2,1H3,(H,26,29). The second-order valence-electron chi connectivity index (χ2n) is 7.58. The van der Waals surface area contributed by atoms with E-state index in [-0.39, 0.29) is 30.3 Å². The van der Waals surface area contributed by atoms with Crippen molar-refractivity contribution in [2.75, 3.05) is 19.6 Å². The molecule has 2 amide bonds. The van der Waals surface area contributed by atoms with Crippen molar-refractivity contribution in [1.82, 2.24) is 15.5 Å². The molecule has 5 nitrogen and oxygen atoms in total. The van der Waals surface area contributed by atoms with Crippen LogP contribution in [0.5, 0.6) is 0 Å². The van der Waals surface area contributed by atoms with Crippen molar-refractivity contribution in [2.24, 2.45) is 0 Å². The van der Waals surface area contributed by atoms with E-state index in [1.807, 2.05) is 53.4 Å². The quantitative estimate of drug-likeness (QED) is 0.721. The lowest BCUT2D eigenvalue weighted by Gasteiger charge is -2.35. The van der Waals surface area contributed by atoms with Gasteiger partial charge >= 0.3 is 0 Å². The predicted octanol–water partition coefficient (Wildman–Crippen LogP) is 3.54. The molecule has 0 spiro atoms. The molecule has 154 valence electrons. The Morgan fingerprint density at radius 3 is 2.28 bits per heavy atom. The van der Waals surface area contributed by atoms with E-state index in [0.29, 0.717) is 5.56 Å². The third-order valence-electron chi connectivity index (χ3n) is 5.46. The van der Waals surface area contributed by atoms with Crippen LogP contribution in [0.15, 0.2) is 60.7 Å². The topological polar surface area (TPSA) is 61.4 Å². The lowest BCUT2D eigenvalue weighted by atomic mass is 9.99. The molecular formula is C24H31N3O2. The first kappa shape index (κ1) is 21.1. The van der Waals surface area contributed by atoms with Gasteiger partial charge in [-0.3, -0.25) is 9.59 Å². The van der Waals surface area contributed by atoms with Crippen LogP contribution in [0, 0.1) is 0 Å². The Hall–Kier alpha value is -2.66. The minimum atomic E-state index is -0.350. The van der Waals surface area contributed by atoms with E-state index in [1.165, 1.54) is 0 Å². The largest absolute Gasteiger partial charge is 0.345 e. The summed E-state index contributed by atoms with van der Waals surface area (Å²) < 4.78 is 0. The SMILES string of the molecule is CCCN(C(=O)CC(NC(=O)c1ccccc1)c1ccccc1)C1CCNCC1. The molecule has 2 aromatic rings. The molecule has 5 heteroatoms. The number of carbonyl (C=O) groups is 2. The van der Waals surface area contributed by atoms with Crippen molar-refractivity contribution >= 4 is 11.8 Å². The minimum Gasteiger partial charge on any atom is -0.345 e. The normalized spacial score (nSPS) is 15.5. The highest BCUT2D eigenvalue weighted by atomic mass is 16.2. The van der Waals surface area contributed by atoms with Crippen LogP contribution in [0.25, 0.3) is 0 Å². The first-order valence-corrected chi connectivity index (χ1v) is 10.6. The maximum Gasteiger partial charge on any atom is 0.251 e. The van der Waals surface area contributed by atoms with E-state index in [9.17, 15) is 9.59 Å². The summed E-state index contributed by atoms with van der Waals surface area (Å²) >= 11 is 0. The number of rotatable bonds is 8. The molecule has 2 N–H and O–H groups in total. The average molecular weight is 394 g/mol. The summed E-state index contributed by atoms with van der Waals surface area (Å²) in [7, 11) is 0. The lowest BCUT2D eigenvalue weighted by molar-refractivity contribution is -0.134.